The number of Topliss-reactive ketones (excluding diaryl/α,β-unsaturated/α-hetero) is 1. The molecule has 0 aromatic rings. The molecule has 0 rings (SSSR count). The van der Waals surface area contributed by atoms with Crippen LogP contribution in [-0.2, 0) is 19.1 Å². The lowest BCUT2D eigenvalue weighted by molar-refractivity contribution is -0.126. The van der Waals surface area contributed by atoms with E-state index in [0.29, 0.717) is 26.4 Å². The summed E-state index contributed by atoms with van der Waals surface area (Å²) < 4.78 is 10.5. The molecule has 1 amide bonds. The molecule has 0 radical (unpaired) electrons. The summed E-state index contributed by atoms with van der Waals surface area (Å²) in [6.45, 7) is 4.60. The van der Waals surface area contributed by atoms with E-state index in [2.05, 4.69) is 16.0 Å². The fraction of sp³-hybridized carbons (Fsp3) is 0.867. The Balaban J connectivity index is 3.37. The van der Waals surface area contributed by atoms with Gasteiger partial charge >= 0.3 is 0 Å². The second kappa shape index (κ2) is 14.9. The Morgan fingerprint density at radius 1 is 1.00 bits per heavy atom. The Kier molecular flexibility index (Phi) is 14.2. The number of hydrogen-bond acceptors (Lipinski definition) is 6. The highest BCUT2D eigenvalue weighted by Crippen LogP contribution is 2.01. The van der Waals surface area contributed by atoms with Gasteiger partial charge in [-0.15, -0.1) is 0 Å². The maximum atomic E-state index is 11.5. The quantitative estimate of drug-likeness (QED) is 0.360. The molecule has 3 N–H and O–H groups in total. The Bertz CT molecular complexity index is 301. The molecule has 0 aromatic carbocycles. The van der Waals surface area contributed by atoms with Crippen LogP contribution in [0.1, 0.15) is 26.2 Å². The fourth-order valence-electron chi connectivity index (χ4n) is 1.86. The molecule has 0 spiro atoms. The average molecular weight is 317 g/mol. The van der Waals surface area contributed by atoms with Gasteiger partial charge in [0.25, 0.3) is 0 Å². The molecule has 0 saturated carbocycles. The summed E-state index contributed by atoms with van der Waals surface area (Å²) >= 11 is 0. The van der Waals surface area contributed by atoms with Gasteiger partial charge in [0.1, 0.15) is 12.4 Å². The summed E-state index contributed by atoms with van der Waals surface area (Å²) in [5.41, 5.74) is 0. The molecule has 0 fully saturated rings. The van der Waals surface area contributed by atoms with Crippen molar-refractivity contribution in [1.82, 2.24) is 16.0 Å². The summed E-state index contributed by atoms with van der Waals surface area (Å²) in [5.74, 6) is 0.0313. The molecule has 0 aliphatic heterocycles. The van der Waals surface area contributed by atoms with E-state index in [9.17, 15) is 9.59 Å². The summed E-state index contributed by atoms with van der Waals surface area (Å²) in [6, 6.07) is -0.0815. The molecule has 0 aliphatic carbocycles. The highest BCUT2D eigenvalue weighted by molar-refractivity contribution is 5.81. The van der Waals surface area contributed by atoms with Crippen molar-refractivity contribution in [1.29, 1.82) is 0 Å². The average Bonchev–Trinajstić information content (AvgIpc) is 2.49. The lowest BCUT2D eigenvalue weighted by Gasteiger charge is -2.12. The molecule has 1 atom stereocenters. The number of hydrogen-bond donors (Lipinski definition) is 3. The van der Waals surface area contributed by atoms with Crippen LogP contribution in [0.4, 0.5) is 0 Å². The molecule has 7 heteroatoms. The molecule has 1 unspecified atom stereocenters. The van der Waals surface area contributed by atoms with Crippen molar-refractivity contribution in [3.05, 3.63) is 0 Å². The molecular weight excluding hydrogens is 286 g/mol. The van der Waals surface area contributed by atoms with Crippen molar-refractivity contribution in [3.8, 4) is 0 Å². The van der Waals surface area contributed by atoms with Crippen molar-refractivity contribution in [2.45, 2.75) is 32.2 Å². The zero-order valence-electron chi connectivity index (χ0n) is 14.1. The van der Waals surface area contributed by atoms with Gasteiger partial charge in [0.05, 0.1) is 25.9 Å². The lowest BCUT2D eigenvalue weighted by Crippen LogP contribution is -2.32. The molecular formula is C15H31N3O4. The Labute approximate surface area is 133 Å². The largest absolute Gasteiger partial charge is 0.378 e. The molecule has 0 heterocycles. The van der Waals surface area contributed by atoms with Gasteiger partial charge in [-0.1, -0.05) is 0 Å². The van der Waals surface area contributed by atoms with Crippen LogP contribution in [0.15, 0.2) is 0 Å². The van der Waals surface area contributed by atoms with E-state index in [0.717, 1.165) is 25.8 Å². The zero-order valence-corrected chi connectivity index (χ0v) is 14.1. The highest BCUT2D eigenvalue weighted by atomic mass is 16.5. The van der Waals surface area contributed by atoms with Gasteiger partial charge in [0.15, 0.2) is 0 Å². The number of nitrogens with one attached hydrogen (secondary N) is 3. The standard InChI is InChI=1S/C15H31N3O4/c1-13(19)14(17-3)6-4-5-7-18-15(20)12-22-11-10-21-9-8-16-2/h14,16-17H,4-12H2,1-3H3,(H,18,20). The first-order valence-electron chi connectivity index (χ1n) is 7.86. The Morgan fingerprint density at radius 2 is 1.73 bits per heavy atom. The van der Waals surface area contributed by atoms with Crippen LogP contribution in [0.3, 0.4) is 0 Å². The number of amides is 1. The smallest absolute Gasteiger partial charge is 0.245 e. The van der Waals surface area contributed by atoms with Gasteiger partial charge in [0.2, 0.25) is 5.91 Å². The van der Waals surface area contributed by atoms with Crippen LogP contribution in [0.5, 0.6) is 0 Å². The van der Waals surface area contributed by atoms with Crippen LogP contribution < -0.4 is 16.0 Å². The monoisotopic (exact) mass is 317 g/mol. The first kappa shape index (κ1) is 21.0. The van der Waals surface area contributed by atoms with Crippen molar-refractivity contribution < 1.29 is 19.1 Å². The van der Waals surface area contributed by atoms with E-state index in [1.807, 2.05) is 7.05 Å². The van der Waals surface area contributed by atoms with Crippen LogP contribution in [-0.4, -0.2) is 71.3 Å². The van der Waals surface area contributed by atoms with Gasteiger partial charge in [-0.25, -0.2) is 0 Å². The first-order chi connectivity index (χ1) is 10.6. The maximum Gasteiger partial charge on any atom is 0.245 e. The van der Waals surface area contributed by atoms with E-state index >= 15 is 0 Å². The summed E-state index contributed by atoms with van der Waals surface area (Å²) in [7, 11) is 3.65. The lowest BCUT2D eigenvalue weighted by atomic mass is 10.1. The molecule has 130 valence electrons. The van der Waals surface area contributed by atoms with E-state index in [1.165, 1.54) is 0 Å². The van der Waals surface area contributed by atoms with Crippen molar-refractivity contribution in [2.75, 3.05) is 53.6 Å². The Morgan fingerprint density at radius 3 is 2.36 bits per heavy atom. The number of rotatable bonds is 15. The molecule has 22 heavy (non-hydrogen) atoms. The van der Waals surface area contributed by atoms with Gasteiger partial charge in [0, 0.05) is 13.1 Å². The van der Waals surface area contributed by atoms with Gasteiger partial charge in [-0.2, -0.15) is 0 Å². The number of ketones is 1. The fourth-order valence-corrected chi connectivity index (χ4v) is 1.86. The van der Waals surface area contributed by atoms with Crippen LogP contribution >= 0.6 is 0 Å². The number of unbranched alkanes of at least 4 members (excludes halogenated alkanes) is 1. The Hall–Kier alpha value is -1.02. The molecule has 0 saturated heterocycles. The number of carbonyl (C=O) groups excluding carboxylic acids is 2. The van der Waals surface area contributed by atoms with E-state index in [4.69, 9.17) is 9.47 Å². The third-order valence-electron chi connectivity index (χ3n) is 3.18. The van der Waals surface area contributed by atoms with Gasteiger partial charge in [-0.3, -0.25) is 9.59 Å². The predicted octanol–water partition coefficient (Wildman–Crippen LogP) is -0.297. The van der Waals surface area contributed by atoms with Gasteiger partial charge in [-0.05, 0) is 40.3 Å². The zero-order chi connectivity index (χ0) is 16.6. The molecule has 0 bridgehead atoms. The summed E-state index contributed by atoms with van der Waals surface area (Å²) in [4.78, 5) is 22.7. The predicted molar refractivity (Wildman–Crippen MR) is 86.0 cm³/mol. The number of ether oxygens (including phenoxy) is 2. The third kappa shape index (κ3) is 12.7. The summed E-state index contributed by atoms with van der Waals surface area (Å²) in [5, 5.41) is 8.75. The van der Waals surface area contributed by atoms with Crippen molar-refractivity contribution in [2.24, 2.45) is 0 Å². The van der Waals surface area contributed by atoms with E-state index < -0.39 is 0 Å². The maximum absolute atomic E-state index is 11.5. The summed E-state index contributed by atoms with van der Waals surface area (Å²) in [6.07, 6.45) is 2.54. The van der Waals surface area contributed by atoms with Crippen molar-refractivity contribution in [3.63, 3.8) is 0 Å². The molecule has 0 aliphatic rings. The minimum Gasteiger partial charge on any atom is -0.378 e. The third-order valence-corrected chi connectivity index (χ3v) is 3.18. The molecule has 0 aromatic heterocycles. The number of carbonyl (C=O) groups is 2. The minimum atomic E-state index is -0.119. The normalized spacial score (nSPS) is 12.1. The van der Waals surface area contributed by atoms with Crippen molar-refractivity contribution >= 4 is 11.7 Å². The number of likely N-dealkylation sites (N-methyl/N-ethyl adjacent to an activating group) is 2. The van der Waals surface area contributed by atoms with Gasteiger partial charge < -0.3 is 25.4 Å². The second-order valence-electron chi connectivity index (χ2n) is 5.07. The molecule has 7 nitrogen and oxygen atoms in total. The minimum absolute atomic E-state index is 0.0575. The van der Waals surface area contributed by atoms with E-state index in [-0.39, 0.29) is 24.3 Å². The first-order valence-corrected chi connectivity index (χ1v) is 7.86. The highest BCUT2D eigenvalue weighted by Gasteiger charge is 2.10. The van der Waals surface area contributed by atoms with E-state index in [1.54, 1.807) is 14.0 Å². The van der Waals surface area contributed by atoms with Crippen LogP contribution in [0.25, 0.3) is 0 Å². The second-order valence-corrected chi connectivity index (χ2v) is 5.07. The SMILES string of the molecule is CNCCOCCOCC(=O)NCCCCC(NC)C(C)=O. The topological polar surface area (TPSA) is 88.7 Å². The van der Waals surface area contributed by atoms with Crippen LogP contribution in [0, 0.1) is 0 Å². The van der Waals surface area contributed by atoms with Crippen LogP contribution in [0.2, 0.25) is 0 Å².